The smallest absolute Gasteiger partial charge is 0.227 e. The van der Waals surface area contributed by atoms with E-state index >= 15 is 0 Å². The first-order chi connectivity index (χ1) is 10.5. The van der Waals surface area contributed by atoms with E-state index in [9.17, 15) is 8.78 Å². The summed E-state index contributed by atoms with van der Waals surface area (Å²) >= 11 is 3.37. The summed E-state index contributed by atoms with van der Waals surface area (Å²) in [6.45, 7) is 3.82. The van der Waals surface area contributed by atoms with Crippen molar-refractivity contribution in [3.8, 4) is 11.3 Å². The molecule has 2 heterocycles. The van der Waals surface area contributed by atoms with Gasteiger partial charge in [-0.05, 0) is 40.9 Å². The van der Waals surface area contributed by atoms with Crippen molar-refractivity contribution >= 4 is 21.6 Å². The van der Waals surface area contributed by atoms with E-state index < -0.39 is 6.43 Å². The van der Waals surface area contributed by atoms with Gasteiger partial charge in [0, 0.05) is 5.56 Å². The molecule has 2 aromatic heterocycles. The Kier molecular flexibility index (Phi) is 3.95. The van der Waals surface area contributed by atoms with Gasteiger partial charge in [-0.3, -0.25) is 0 Å². The summed E-state index contributed by atoms with van der Waals surface area (Å²) in [5, 5.41) is 4.12. The van der Waals surface area contributed by atoms with Crippen LogP contribution in [0.25, 0.3) is 16.9 Å². The van der Waals surface area contributed by atoms with Crippen LogP contribution in [0.1, 0.15) is 30.3 Å². The lowest BCUT2D eigenvalue weighted by Crippen LogP contribution is -2.02. The van der Waals surface area contributed by atoms with Gasteiger partial charge in [-0.15, -0.1) is 0 Å². The van der Waals surface area contributed by atoms with E-state index in [1.807, 2.05) is 24.3 Å². The zero-order chi connectivity index (χ0) is 15.9. The minimum Gasteiger partial charge on any atom is -0.227 e. The Bertz CT molecular complexity index is 826. The Morgan fingerprint density at radius 3 is 2.50 bits per heavy atom. The number of fused-ring (bicyclic) bond motifs is 1. The molecule has 0 fully saturated rings. The van der Waals surface area contributed by atoms with Crippen molar-refractivity contribution in [1.29, 1.82) is 0 Å². The summed E-state index contributed by atoms with van der Waals surface area (Å²) in [5.41, 5.74) is 3.41. The Morgan fingerprint density at radius 2 is 1.91 bits per heavy atom. The first-order valence-corrected chi connectivity index (χ1v) is 7.73. The molecule has 0 atom stereocenters. The maximum atomic E-state index is 13.3. The molecular formula is C16H14BrF2N3. The quantitative estimate of drug-likeness (QED) is 0.655. The molecule has 22 heavy (non-hydrogen) atoms. The van der Waals surface area contributed by atoms with Crippen LogP contribution in [0.5, 0.6) is 0 Å². The molecule has 1 aromatic carbocycles. The number of halogens is 3. The van der Waals surface area contributed by atoms with Crippen LogP contribution in [0.2, 0.25) is 0 Å². The van der Waals surface area contributed by atoms with Crippen LogP contribution in [0, 0.1) is 6.92 Å². The maximum Gasteiger partial charge on any atom is 0.280 e. The van der Waals surface area contributed by atoms with Crippen molar-refractivity contribution in [3.63, 3.8) is 0 Å². The zero-order valence-corrected chi connectivity index (χ0v) is 13.7. The van der Waals surface area contributed by atoms with Crippen molar-refractivity contribution < 1.29 is 8.78 Å². The molecule has 0 N–H and O–H groups in total. The third-order valence-corrected chi connectivity index (χ3v) is 4.53. The van der Waals surface area contributed by atoms with Crippen molar-refractivity contribution in [3.05, 3.63) is 51.8 Å². The molecule has 0 unspecified atom stereocenters. The summed E-state index contributed by atoms with van der Waals surface area (Å²) in [6, 6.07) is 9.19. The van der Waals surface area contributed by atoms with Crippen molar-refractivity contribution in [2.24, 2.45) is 0 Å². The highest BCUT2D eigenvalue weighted by Crippen LogP contribution is 2.29. The summed E-state index contributed by atoms with van der Waals surface area (Å²) in [6.07, 6.45) is -1.69. The molecule has 0 saturated heterocycles. The van der Waals surface area contributed by atoms with E-state index in [-0.39, 0.29) is 5.69 Å². The molecule has 3 aromatic rings. The largest absolute Gasteiger partial charge is 0.280 e. The summed E-state index contributed by atoms with van der Waals surface area (Å²) < 4.78 is 28.5. The average Bonchev–Trinajstić information content (AvgIpc) is 2.81. The Hall–Kier alpha value is -1.82. The lowest BCUT2D eigenvalue weighted by Gasteiger charge is -2.08. The van der Waals surface area contributed by atoms with Crippen LogP contribution >= 0.6 is 15.9 Å². The highest BCUT2D eigenvalue weighted by molar-refractivity contribution is 9.10. The molecule has 0 saturated carbocycles. The van der Waals surface area contributed by atoms with E-state index in [1.165, 1.54) is 16.1 Å². The highest BCUT2D eigenvalue weighted by Gasteiger charge is 2.19. The van der Waals surface area contributed by atoms with Gasteiger partial charge in [0.2, 0.25) is 0 Å². The van der Waals surface area contributed by atoms with Gasteiger partial charge in [-0.2, -0.15) is 5.10 Å². The molecule has 0 amide bonds. The Labute approximate surface area is 135 Å². The van der Waals surface area contributed by atoms with Gasteiger partial charge in [0.05, 0.1) is 15.9 Å². The molecule has 0 spiro atoms. The van der Waals surface area contributed by atoms with E-state index in [4.69, 9.17) is 0 Å². The molecular weight excluding hydrogens is 352 g/mol. The zero-order valence-electron chi connectivity index (χ0n) is 12.1. The molecule has 114 valence electrons. The summed E-state index contributed by atoms with van der Waals surface area (Å²) in [7, 11) is 0. The molecule has 0 aliphatic carbocycles. The molecule has 0 bridgehead atoms. The molecule has 6 heteroatoms. The lowest BCUT2D eigenvalue weighted by atomic mass is 10.1. The number of alkyl halides is 2. The van der Waals surface area contributed by atoms with Crippen LogP contribution in [-0.4, -0.2) is 14.6 Å². The number of hydrogen-bond acceptors (Lipinski definition) is 2. The topological polar surface area (TPSA) is 30.2 Å². The second-order valence-corrected chi connectivity index (χ2v) is 5.85. The van der Waals surface area contributed by atoms with Gasteiger partial charge in [0.25, 0.3) is 6.43 Å². The standard InChI is InChI=1S/C16H14BrF2N3/c1-3-10-4-6-11(7-5-10)12-8-13(15(18)19)22-16(20-12)14(17)9(2)21-22/h4-8,15H,3H2,1-2H3. The fourth-order valence-electron chi connectivity index (χ4n) is 2.33. The fourth-order valence-corrected chi connectivity index (χ4v) is 2.67. The maximum absolute atomic E-state index is 13.3. The lowest BCUT2D eigenvalue weighted by molar-refractivity contribution is 0.143. The van der Waals surface area contributed by atoms with Crippen molar-refractivity contribution in [2.75, 3.05) is 0 Å². The molecule has 0 aliphatic heterocycles. The second kappa shape index (κ2) is 5.76. The van der Waals surface area contributed by atoms with Crippen molar-refractivity contribution in [1.82, 2.24) is 14.6 Å². The normalized spacial score (nSPS) is 11.5. The number of rotatable bonds is 3. The van der Waals surface area contributed by atoms with Crippen LogP contribution < -0.4 is 0 Å². The minimum absolute atomic E-state index is 0.159. The number of hydrogen-bond donors (Lipinski definition) is 0. The van der Waals surface area contributed by atoms with E-state index in [2.05, 4.69) is 32.9 Å². The summed E-state index contributed by atoms with van der Waals surface area (Å²) in [5.74, 6) is 0. The van der Waals surface area contributed by atoms with Crippen LogP contribution in [0.3, 0.4) is 0 Å². The van der Waals surface area contributed by atoms with E-state index in [1.54, 1.807) is 6.92 Å². The average molecular weight is 366 g/mol. The monoisotopic (exact) mass is 365 g/mol. The van der Waals surface area contributed by atoms with Crippen LogP contribution in [0.15, 0.2) is 34.8 Å². The molecule has 3 nitrogen and oxygen atoms in total. The predicted molar refractivity (Wildman–Crippen MR) is 85.2 cm³/mol. The van der Waals surface area contributed by atoms with E-state index in [0.717, 1.165) is 12.0 Å². The number of benzene rings is 1. The number of aromatic nitrogens is 3. The molecule has 0 aliphatic rings. The number of nitrogens with zero attached hydrogens (tertiary/aromatic N) is 3. The SMILES string of the molecule is CCc1ccc(-c2cc(C(F)F)n3nc(C)c(Br)c3n2)cc1. The number of aryl methyl sites for hydroxylation is 2. The van der Waals surface area contributed by atoms with Crippen molar-refractivity contribution in [2.45, 2.75) is 26.7 Å². The van der Waals surface area contributed by atoms with E-state index in [0.29, 0.717) is 21.5 Å². The third kappa shape index (κ3) is 2.52. The van der Waals surface area contributed by atoms with Gasteiger partial charge in [0.15, 0.2) is 5.65 Å². The third-order valence-electron chi connectivity index (χ3n) is 3.60. The predicted octanol–water partition coefficient (Wildman–Crippen LogP) is 4.97. The summed E-state index contributed by atoms with van der Waals surface area (Å²) in [4.78, 5) is 4.48. The Balaban J connectivity index is 2.23. The highest BCUT2D eigenvalue weighted by atomic mass is 79.9. The van der Waals surface area contributed by atoms with Crippen LogP contribution in [-0.2, 0) is 6.42 Å². The van der Waals surface area contributed by atoms with Gasteiger partial charge in [0.1, 0.15) is 5.69 Å². The first kappa shape index (κ1) is 15.1. The molecule has 3 rings (SSSR count). The molecule has 0 radical (unpaired) electrons. The minimum atomic E-state index is -2.62. The fraction of sp³-hybridized carbons (Fsp3) is 0.250. The van der Waals surface area contributed by atoms with Gasteiger partial charge < -0.3 is 0 Å². The second-order valence-electron chi connectivity index (χ2n) is 5.05. The van der Waals surface area contributed by atoms with Gasteiger partial charge in [-0.1, -0.05) is 31.2 Å². The van der Waals surface area contributed by atoms with Gasteiger partial charge >= 0.3 is 0 Å². The first-order valence-electron chi connectivity index (χ1n) is 6.94. The van der Waals surface area contributed by atoms with Gasteiger partial charge in [-0.25, -0.2) is 18.3 Å². The van der Waals surface area contributed by atoms with Crippen LogP contribution in [0.4, 0.5) is 8.78 Å². The Morgan fingerprint density at radius 1 is 1.23 bits per heavy atom.